The number of anilines is 1. The fourth-order valence-electron chi connectivity index (χ4n) is 2.18. The lowest BCUT2D eigenvalue weighted by molar-refractivity contribution is 0.639. The number of hydrogen-bond acceptors (Lipinski definition) is 2. The van der Waals surface area contributed by atoms with E-state index in [9.17, 15) is 0 Å². The quantitative estimate of drug-likeness (QED) is 0.829. The zero-order valence-electron chi connectivity index (χ0n) is 9.02. The van der Waals surface area contributed by atoms with Gasteiger partial charge in [-0.1, -0.05) is 17.7 Å². The summed E-state index contributed by atoms with van der Waals surface area (Å²) >= 11 is 6.18. The van der Waals surface area contributed by atoms with Gasteiger partial charge in [0.2, 0.25) is 0 Å². The first-order valence-electron chi connectivity index (χ1n) is 5.47. The van der Waals surface area contributed by atoms with Gasteiger partial charge in [-0.2, -0.15) is 0 Å². The topological polar surface area (TPSA) is 38.0 Å². The normalized spacial score (nSPS) is 18.7. The second-order valence-electron chi connectivity index (χ2n) is 4.19. The van der Waals surface area contributed by atoms with E-state index in [1.165, 1.54) is 16.8 Å². The third kappa shape index (κ3) is 2.11. The summed E-state index contributed by atoms with van der Waals surface area (Å²) in [6.07, 6.45) is 3.24. The summed E-state index contributed by atoms with van der Waals surface area (Å²) in [6, 6.07) is 4.57. The molecule has 0 fully saturated rings. The van der Waals surface area contributed by atoms with Crippen molar-refractivity contribution in [2.45, 2.75) is 32.2 Å². The van der Waals surface area contributed by atoms with Crippen LogP contribution in [0.15, 0.2) is 12.1 Å². The van der Waals surface area contributed by atoms with Crippen molar-refractivity contribution in [3.63, 3.8) is 0 Å². The van der Waals surface area contributed by atoms with Crippen LogP contribution >= 0.6 is 11.6 Å². The van der Waals surface area contributed by atoms with Crippen LogP contribution in [-0.4, -0.2) is 12.6 Å². The Bertz CT molecular complexity index is 332. The van der Waals surface area contributed by atoms with Crippen molar-refractivity contribution in [1.29, 1.82) is 0 Å². The van der Waals surface area contributed by atoms with Gasteiger partial charge in [-0.25, -0.2) is 0 Å². The van der Waals surface area contributed by atoms with Crippen molar-refractivity contribution in [2.75, 3.05) is 11.9 Å². The summed E-state index contributed by atoms with van der Waals surface area (Å²) in [5.41, 5.74) is 9.32. The van der Waals surface area contributed by atoms with Crippen LogP contribution < -0.4 is 11.1 Å². The van der Waals surface area contributed by atoms with Crippen molar-refractivity contribution in [2.24, 2.45) is 5.73 Å². The van der Waals surface area contributed by atoms with Crippen LogP contribution in [0, 0.1) is 6.92 Å². The molecule has 0 bridgehead atoms. The van der Waals surface area contributed by atoms with Gasteiger partial charge in [0.25, 0.3) is 0 Å². The molecule has 1 atom stereocenters. The molecule has 0 spiro atoms. The molecule has 0 saturated heterocycles. The maximum Gasteiger partial charge on any atom is 0.0459 e. The summed E-state index contributed by atoms with van der Waals surface area (Å²) in [5.74, 6) is 0. The fourth-order valence-corrected chi connectivity index (χ4v) is 2.41. The van der Waals surface area contributed by atoms with Crippen molar-refractivity contribution in [1.82, 2.24) is 0 Å². The van der Waals surface area contributed by atoms with Crippen LogP contribution in [0.4, 0.5) is 5.69 Å². The molecule has 3 N–H and O–H groups in total. The predicted octanol–water partition coefficient (Wildman–Crippen LogP) is 2.72. The molecule has 3 heteroatoms. The Morgan fingerprint density at radius 2 is 2.33 bits per heavy atom. The van der Waals surface area contributed by atoms with Gasteiger partial charge in [0.15, 0.2) is 0 Å². The van der Waals surface area contributed by atoms with E-state index in [-0.39, 0.29) is 0 Å². The second kappa shape index (κ2) is 4.42. The van der Waals surface area contributed by atoms with E-state index in [0.717, 1.165) is 30.8 Å². The predicted molar refractivity (Wildman–Crippen MR) is 65.6 cm³/mol. The van der Waals surface area contributed by atoms with E-state index < -0.39 is 0 Å². The highest BCUT2D eigenvalue weighted by molar-refractivity contribution is 6.31. The van der Waals surface area contributed by atoms with E-state index in [4.69, 9.17) is 17.3 Å². The maximum atomic E-state index is 6.18. The number of halogens is 1. The SMILES string of the molecule is Cc1ccc(Cl)c2c1NC(CCCN)C2. The summed E-state index contributed by atoms with van der Waals surface area (Å²) in [7, 11) is 0. The van der Waals surface area contributed by atoms with Crippen LogP contribution in [0.25, 0.3) is 0 Å². The molecule has 0 aromatic heterocycles. The Labute approximate surface area is 95.8 Å². The number of hydrogen-bond donors (Lipinski definition) is 2. The van der Waals surface area contributed by atoms with E-state index in [1.807, 2.05) is 6.07 Å². The Hall–Kier alpha value is -0.730. The first kappa shape index (κ1) is 10.8. The average molecular weight is 225 g/mol. The lowest BCUT2D eigenvalue weighted by Crippen LogP contribution is -2.17. The van der Waals surface area contributed by atoms with Gasteiger partial charge in [0, 0.05) is 16.8 Å². The number of benzene rings is 1. The largest absolute Gasteiger partial charge is 0.381 e. The van der Waals surface area contributed by atoms with Crippen LogP contribution in [-0.2, 0) is 6.42 Å². The monoisotopic (exact) mass is 224 g/mol. The van der Waals surface area contributed by atoms with Crippen molar-refractivity contribution >= 4 is 17.3 Å². The first-order chi connectivity index (χ1) is 7.22. The van der Waals surface area contributed by atoms with Crippen molar-refractivity contribution in [3.05, 3.63) is 28.3 Å². The summed E-state index contributed by atoms with van der Waals surface area (Å²) in [6.45, 7) is 2.88. The molecule has 0 saturated carbocycles. The molecule has 15 heavy (non-hydrogen) atoms. The minimum atomic E-state index is 0.516. The van der Waals surface area contributed by atoms with Gasteiger partial charge in [0.05, 0.1) is 0 Å². The molecule has 0 aliphatic carbocycles. The van der Waals surface area contributed by atoms with Gasteiger partial charge in [-0.05, 0) is 49.9 Å². The molecule has 1 aromatic rings. The van der Waals surface area contributed by atoms with Gasteiger partial charge in [0.1, 0.15) is 0 Å². The smallest absolute Gasteiger partial charge is 0.0459 e. The molecular formula is C12H17ClN2. The fraction of sp³-hybridized carbons (Fsp3) is 0.500. The minimum Gasteiger partial charge on any atom is -0.381 e. The molecule has 2 nitrogen and oxygen atoms in total. The Morgan fingerprint density at radius 3 is 3.00 bits per heavy atom. The second-order valence-corrected chi connectivity index (χ2v) is 4.60. The molecule has 1 heterocycles. The van der Waals surface area contributed by atoms with Crippen LogP contribution in [0.1, 0.15) is 24.0 Å². The number of rotatable bonds is 3. The number of fused-ring (bicyclic) bond motifs is 1. The standard InChI is InChI=1S/C12H17ClN2/c1-8-4-5-11(13)10-7-9(3-2-6-14)15-12(8)10/h4-5,9,15H,2-3,6-7,14H2,1H3. The molecule has 1 aromatic carbocycles. The van der Waals surface area contributed by atoms with Crippen LogP contribution in [0.3, 0.4) is 0 Å². The van der Waals surface area contributed by atoms with E-state index in [1.54, 1.807) is 0 Å². The molecule has 1 aliphatic heterocycles. The van der Waals surface area contributed by atoms with E-state index in [2.05, 4.69) is 18.3 Å². The first-order valence-corrected chi connectivity index (χ1v) is 5.84. The van der Waals surface area contributed by atoms with Crippen LogP contribution in [0.5, 0.6) is 0 Å². The summed E-state index contributed by atoms with van der Waals surface area (Å²) in [5, 5.41) is 4.43. The van der Waals surface area contributed by atoms with E-state index >= 15 is 0 Å². The summed E-state index contributed by atoms with van der Waals surface area (Å²) in [4.78, 5) is 0. The molecular weight excluding hydrogens is 208 g/mol. The van der Waals surface area contributed by atoms with Crippen molar-refractivity contribution in [3.8, 4) is 0 Å². The number of aryl methyl sites for hydroxylation is 1. The lowest BCUT2D eigenvalue weighted by Gasteiger charge is -2.10. The molecule has 2 rings (SSSR count). The van der Waals surface area contributed by atoms with Crippen LogP contribution in [0.2, 0.25) is 5.02 Å². The number of nitrogens with two attached hydrogens (primary N) is 1. The summed E-state index contributed by atoms with van der Waals surface area (Å²) < 4.78 is 0. The lowest BCUT2D eigenvalue weighted by atomic mass is 10.0. The molecule has 1 unspecified atom stereocenters. The third-order valence-corrected chi connectivity index (χ3v) is 3.37. The minimum absolute atomic E-state index is 0.516. The van der Waals surface area contributed by atoms with E-state index in [0.29, 0.717) is 6.04 Å². The molecule has 0 amide bonds. The van der Waals surface area contributed by atoms with Gasteiger partial charge in [-0.15, -0.1) is 0 Å². The average Bonchev–Trinajstić information content (AvgIpc) is 2.66. The zero-order chi connectivity index (χ0) is 10.8. The van der Waals surface area contributed by atoms with Gasteiger partial charge < -0.3 is 11.1 Å². The highest BCUT2D eigenvalue weighted by Crippen LogP contribution is 2.35. The highest BCUT2D eigenvalue weighted by Gasteiger charge is 2.23. The van der Waals surface area contributed by atoms with Gasteiger partial charge >= 0.3 is 0 Å². The maximum absolute atomic E-state index is 6.18. The zero-order valence-corrected chi connectivity index (χ0v) is 9.77. The Balaban J connectivity index is 2.15. The highest BCUT2D eigenvalue weighted by atomic mass is 35.5. The molecule has 82 valence electrons. The molecule has 0 radical (unpaired) electrons. The Morgan fingerprint density at radius 1 is 1.53 bits per heavy atom. The molecule has 1 aliphatic rings. The Kier molecular flexibility index (Phi) is 3.17. The van der Waals surface area contributed by atoms with Gasteiger partial charge in [-0.3, -0.25) is 0 Å². The number of nitrogens with one attached hydrogen (secondary N) is 1. The third-order valence-electron chi connectivity index (χ3n) is 3.02. The van der Waals surface area contributed by atoms with Crippen molar-refractivity contribution < 1.29 is 0 Å².